The molecule has 5 heteroatoms. The lowest BCUT2D eigenvalue weighted by Gasteiger charge is -2.16. The van der Waals surface area contributed by atoms with Gasteiger partial charge in [0, 0.05) is 11.0 Å². The van der Waals surface area contributed by atoms with E-state index >= 15 is 0 Å². The van der Waals surface area contributed by atoms with Crippen molar-refractivity contribution < 1.29 is 9.47 Å². The third kappa shape index (κ3) is 6.68. The fourth-order valence-electron chi connectivity index (χ4n) is 1.96. The van der Waals surface area contributed by atoms with Crippen molar-refractivity contribution in [2.45, 2.75) is 32.9 Å². The van der Waals surface area contributed by atoms with Crippen molar-refractivity contribution in [3.05, 3.63) is 22.2 Å². The number of nitrogens with zero attached hydrogens (tertiary/aromatic N) is 1. The van der Waals surface area contributed by atoms with Gasteiger partial charge < -0.3 is 19.7 Å². The van der Waals surface area contributed by atoms with Crippen LogP contribution in [-0.4, -0.2) is 45.3 Å². The number of benzene rings is 1. The molecule has 0 aliphatic heterocycles. The van der Waals surface area contributed by atoms with E-state index in [-0.39, 0.29) is 6.10 Å². The van der Waals surface area contributed by atoms with E-state index in [0.29, 0.717) is 0 Å². The van der Waals surface area contributed by atoms with Crippen LogP contribution in [0.1, 0.15) is 25.8 Å². The third-order valence-electron chi connectivity index (χ3n) is 2.97. The molecule has 0 aliphatic rings. The second kappa shape index (κ2) is 9.28. The molecular weight excluding hydrogens is 332 g/mol. The monoisotopic (exact) mass is 358 g/mol. The molecule has 21 heavy (non-hydrogen) atoms. The molecule has 0 spiro atoms. The fourth-order valence-corrected chi connectivity index (χ4v) is 2.42. The van der Waals surface area contributed by atoms with E-state index in [0.717, 1.165) is 42.0 Å². The number of methoxy groups -OCH3 is 1. The Morgan fingerprint density at radius 2 is 1.95 bits per heavy atom. The molecule has 1 N–H and O–H groups in total. The molecule has 0 aliphatic carbocycles. The van der Waals surface area contributed by atoms with Gasteiger partial charge in [-0.2, -0.15) is 0 Å². The number of halogens is 1. The van der Waals surface area contributed by atoms with Crippen LogP contribution >= 0.6 is 15.9 Å². The maximum atomic E-state index is 5.76. The molecule has 1 rings (SSSR count). The Labute approximate surface area is 136 Å². The van der Waals surface area contributed by atoms with E-state index < -0.39 is 0 Å². The minimum atomic E-state index is 0.126. The summed E-state index contributed by atoms with van der Waals surface area (Å²) in [7, 11) is 5.86. The Bertz CT molecular complexity index is 437. The van der Waals surface area contributed by atoms with E-state index in [1.54, 1.807) is 7.11 Å². The van der Waals surface area contributed by atoms with Crippen LogP contribution in [0.15, 0.2) is 16.6 Å². The molecule has 4 nitrogen and oxygen atoms in total. The first-order valence-corrected chi connectivity index (χ1v) is 8.11. The van der Waals surface area contributed by atoms with Gasteiger partial charge in [-0.25, -0.2) is 0 Å². The zero-order chi connectivity index (χ0) is 15.8. The standard InChI is InChI=1S/C16H27BrN2O2/c1-12(2)21-16-10-14(17)13(9-15(16)20-5)11-18-7-6-8-19(3)4/h9-10,12,18H,6-8,11H2,1-5H3. The topological polar surface area (TPSA) is 33.7 Å². The molecule has 120 valence electrons. The quantitative estimate of drug-likeness (QED) is 0.686. The van der Waals surface area contributed by atoms with Crippen molar-refractivity contribution in [2.75, 3.05) is 34.3 Å². The smallest absolute Gasteiger partial charge is 0.162 e. The van der Waals surface area contributed by atoms with Crippen molar-refractivity contribution in [2.24, 2.45) is 0 Å². The molecule has 0 fully saturated rings. The molecule has 0 amide bonds. The number of hydrogen-bond acceptors (Lipinski definition) is 4. The van der Waals surface area contributed by atoms with Crippen molar-refractivity contribution in [1.29, 1.82) is 0 Å². The predicted octanol–water partition coefficient (Wildman–Crippen LogP) is 3.29. The van der Waals surface area contributed by atoms with Crippen molar-refractivity contribution in [3.8, 4) is 11.5 Å². The molecular formula is C16H27BrN2O2. The molecule has 1 aromatic rings. The second-order valence-electron chi connectivity index (χ2n) is 5.59. The van der Waals surface area contributed by atoms with E-state index in [4.69, 9.17) is 9.47 Å². The zero-order valence-corrected chi connectivity index (χ0v) is 15.3. The molecule has 0 radical (unpaired) electrons. The summed E-state index contributed by atoms with van der Waals surface area (Å²) in [5.74, 6) is 1.55. The molecule has 0 heterocycles. The van der Waals surface area contributed by atoms with E-state index in [1.165, 1.54) is 5.56 Å². The largest absolute Gasteiger partial charge is 0.493 e. The highest BCUT2D eigenvalue weighted by Gasteiger charge is 2.11. The fraction of sp³-hybridized carbons (Fsp3) is 0.625. The van der Waals surface area contributed by atoms with Gasteiger partial charge in [-0.3, -0.25) is 0 Å². The summed E-state index contributed by atoms with van der Waals surface area (Å²) in [6.07, 6.45) is 1.26. The van der Waals surface area contributed by atoms with Gasteiger partial charge in [0.15, 0.2) is 11.5 Å². The lowest BCUT2D eigenvalue weighted by atomic mass is 10.2. The Kier molecular flexibility index (Phi) is 8.07. The summed E-state index contributed by atoms with van der Waals surface area (Å²) in [4.78, 5) is 2.19. The number of nitrogens with one attached hydrogen (secondary N) is 1. The average Bonchev–Trinajstić information content (AvgIpc) is 2.39. The molecule has 0 aromatic heterocycles. The van der Waals surface area contributed by atoms with E-state index in [1.807, 2.05) is 26.0 Å². The minimum Gasteiger partial charge on any atom is -0.493 e. The number of ether oxygens (including phenoxy) is 2. The lowest BCUT2D eigenvalue weighted by molar-refractivity contribution is 0.230. The lowest BCUT2D eigenvalue weighted by Crippen LogP contribution is -2.21. The molecule has 0 saturated carbocycles. The maximum absolute atomic E-state index is 5.76. The van der Waals surface area contributed by atoms with Gasteiger partial charge in [0.1, 0.15) is 0 Å². The molecule has 0 atom stereocenters. The van der Waals surface area contributed by atoms with Crippen LogP contribution < -0.4 is 14.8 Å². The van der Waals surface area contributed by atoms with Crippen LogP contribution in [0.5, 0.6) is 11.5 Å². The Morgan fingerprint density at radius 1 is 1.24 bits per heavy atom. The highest BCUT2D eigenvalue weighted by atomic mass is 79.9. The van der Waals surface area contributed by atoms with Crippen LogP contribution in [0.3, 0.4) is 0 Å². The summed E-state index contributed by atoms with van der Waals surface area (Å²) < 4.78 is 12.2. The van der Waals surface area contributed by atoms with Gasteiger partial charge in [-0.05, 0) is 65.1 Å². The Morgan fingerprint density at radius 3 is 2.52 bits per heavy atom. The first-order valence-electron chi connectivity index (χ1n) is 7.32. The van der Waals surface area contributed by atoms with Crippen LogP contribution in [0.2, 0.25) is 0 Å². The summed E-state index contributed by atoms with van der Waals surface area (Å²) in [6.45, 7) is 6.92. The van der Waals surface area contributed by atoms with Crippen LogP contribution in [0, 0.1) is 0 Å². The Hall–Kier alpha value is -0.780. The summed E-state index contributed by atoms with van der Waals surface area (Å²) in [5, 5.41) is 3.46. The van der Waals surface area contributed by atoms with Gasteiger partial charge in [-0.1, -0.05) is 15.9 Å². The van der Waals surface area contributed by atoms with Crippen molar-refractivity contribution in [1.82, 2.24) is 10.2 Å². The van der Waals surface area contributed by atoms with Gasteiger partial charge in [0.05, 0.1) is 13.2 Å². The van der Waals surface area contributed by atoms with Crippen LogP contribution in [0.4, 0.5) is 0 Å². The maximum Gasteiger partial charge on any atom is 0.162 e. The highest BCUT2D eigenvalue weighted by molar-refractivity contribution is 9.10. The van der Waals surface area contributed by atoms with Gasteiger partial charge in [0.25, 0.3) is 0 Å². The van der Waals surface area contributed by atoms with Crippen LogP contribution in [-0.2, 0) is 6.54 Å². The molecule has 0 bridgehead atoms. The van der Waals surface area contributed by atoms with Crippen molar-refractivity contribution in [3.63, 3.8) is 0 Å². The van der Waals surface area contributed by atoms with Gasteiger partial charge in [-0.15, -0.1) is 0 Å². The summed E-state index contributed by atoms with van der Waals surface area (Å²) in [5.41, 5.74) is 1.17. The Balaban J connectivity index is 2.62. The predicted molar refractivity (Wildman–Crippen MR) is 91.3 cm³/mol. The number of hydrogen-bond donors (Lipinski definition) is 1. The van der Waals surface area contributed by atoms with Crippen LogP contribution in [0.25, 0.3) is 0 Å². The van der Waals surface area contributed by atoms with E-state index in [9.17, 15) is 0 Å². The molecule has 0 unspecified atom stereocenters. The summed E-state index contributed by atoms with van der Waals surface area (Å²) >= 11 is 3.61. The molecule has 1 aromatic carbocycles. The SMILES string of the molecule is COc1cc(CNCCCN(C)C)c(Br)cc1OC(C)C. The van der Waals surface area contributed by atoms with Gasteiger partial charge in [0.2, 0.25) is 0 Å². The van der Waals surface area contributed by atoms with E-state index in [2.05, 4.69) is 40.2 Å². The summed E-state index contributed by atoms with van der Waals surface area (Å²) in [6, 6.07) is 4.01. The first kappa shape index (κ1) is 18.3. The number of rotatable bonds is 9. The third-order valence-corrected chi connectivity index (χ3v) is 3.71. The first-order chi connectivity index (χ1) is 9.93. The van der Waals surface area contributed by atoms with Crippen molar-refractivity contribution >= 4 is 15.9 Å². The zero-order valence-electron chi connectivity index (χ0n) is 13.7. The molecule has 0 saturated heterocycles. The van der Waals surface area contributed by atoms with Gasteiger partial charge >= 0.3 is 0 Å². The average molecular weight is 359 g/mol. The second-order valence-corrected chi connectivity index (χ2v) is 6.45. The highest BCUT2D eigenvalue weighted by Crippen LogP contribution is 2.34. The normalized spacial score (nSPS) is 11.2. The minimum absolute atomic E-state index is 0.126.